The minimum atomic E-state index is -1.26. The summed E-state index contributed by atoms with van der Waals surface area (Å²) in [7, 11) is 0. The summed E-state index contributed by atoms with van der Waals surface area (Å²) in [5, 5.41) is 55.3. The van der Waals surface area contributed by atoms with Gasteiger partial charge in [0.2, 0.25) is 0 Å². The molecule has 0 aromatic carbocycles. The Morgan fingerprint density at radius 1 is 0.900 bits per heavy atom. The predicted molar refractivity (Wildman–Crippen MR) is 67.5 cm³/mol. The average Bonchev–Trinajstić information content (AvgIpc) is 2.46. The average molecular weight is 288 g/mol. The largest absolute Gasteiger partial charge is 0.396 e. The van der Waals surface area contributed by atoms with Crippen molar-refractivity contribution in [3.05, 3.63) is 23.8 Å². The van der Waals surface area contributed by atoms with Gasteiger partial charge in [-0.1, -0.05) is 0 Å². The lowest BCUT2D eigenvalue weighted by molar-refractivity contribution is -0.0138. The maximum Gasteiger partial charge on any atom is 0.123 e. The lowest BCUT2D eigenvalue weighted by Crippen LogP contribution is -2.31. The zero-order valence-corrected chi connectivity index (χ0v) is 10.9. The normalized spacial score (nSPS) is 17.5. The summed E-state index contributed by atoms with van der Waals surface area (Å²) in [4.78, 5) is 7.86. The maximum absolute atomic E-state index is 9.73. The predicted octanol–water partition coefficient (Wildman–Crippen LogP) is -2.49. The van der Waals surface area contributed by atoms with Crippen LogP contribution in [0.5, 0.6) is 0 Å². The van der Waals surface area contributed by atoms with Crippen LogP contribution in [0, 0.1) is 0 Å². The zero-order chi connectivity index (χ0) is 15.1. The fourth-order valence-electron chi connectivity index (χ4n) is 1.58. The second-order valence-electron chi connectivity index (χ2n) is 4.48. The van der Waals surface area contributed by atoms with Crippen molar-refractivity contribution in [3.8, 4) is 0 Å². The van der Waals surface area contributed by atoms with E-state index in [4.69, 9.17) is 10.2 Å². The molecule has 1 aromatic heterocycles. The van der Waals surface area contributed by atoms with E-state index in [2.05, 4.69) is 9.97 Å². The molecule has 20 heavy (non-hydrogen) atoms. The molecule has 0 aliphatic rings. The Morgan fingerprint density at radius 2 is 1.60 bits per heavy atom. The Labute approximate surface area is 116 Å². The van der Waals surface area contributed by atoms with Gasteiger partial charge in [-0.15, -0.1) is 0 Å². The summed E-state index contributed by atoms with van der Waals surface area (Å²) in [6, 6.07) is 0. The van der Waals surface area contributed by atoms with Gasteiger partial charge in [0, 0.05) is 19.2 Å². The summed E-state index contributed by atoms with van der Waals surface area (Å²) in [5.41, 5.74) is 0.518. The van der Waals surface area contributed by atoms with Gasteiger partial charge in [-0.2, -0.15) is 0 Å². The second kappa shape index (κ2) is 8.20. The van der Waals surface area contributed by atoms with Crippen LogP contribution in [-0.2, 0) is 6.42 Å². The van der Waals surface area contributed by atoms with Crippen LogP contribution in [0.3, 0.4) is 0 Å². The van der Waals surface area contributed by atoms with E-state index in [1.54, 1.807) is 0 Å². The van der Waals surface area contributed by atoms with E-state index >= 15 is 0 Å². The van der Waals surface area contributed by atoms with Gasteiger partial charge in [-0.3, -0.25) is 9.97 Å². The molecule has 6 N–H and O–H groups in total. The number of nitrogens with zero attached hydrogens (tertiary/aromatic N) is 2. The molecule has 8 heteroatoms. The first-order valence-electron chi connectivity index (χ1n) is 6.24. The maximum atomic E-state index is 9.73. The molecule has 1 aromatic rings. The summed E-state index contributed by atoms with van der Waals surface area (Å²) >= 11 is 0. The van der Waals surface area contributed by atoms with Crippen molar-refractivity contribution in [2.75, 3.05) is 13.2 Å². The van der Waals surface area contributed by atoms with Gasteiger partial charge in [0.15, 0.2) is 0 Å². The van der Waals surface area contributed by atoms with Crippen molar-refractivity contribution in [3.63, 3.8) is 0 Å². The van der Waals surface area contributed by atoms with Crippen LogP contribution in [-0.4, -0.2) is 72.1 Å². The summed E-state index contributed by atoms with van der Waals surface area (Å²) in [6.45, 7) is -0.812. The number of aromatic nitrogens is 2. The van der Waals surface area contributed by atoms with Gasteiger partial charge in [0.05, 0.1) is 36.4 Å². The Bertz CT molecular complexity index is 388. The zero-order valence-electron chi connectivity index (χ0n) is 10.9. The smallest absolute Gasteiger partial charge is 0.123 e. The van der Waals surface area contributed by atoms with Gasteiger partial charge in [-0.05, 0) is 6.42 Å². The highest BCUT2D eigenvalue weighted by Crippen LogP contribution is 2.16. The van der Waals surface area contributed by atoms with Gasteiger partial charge in [0.1, 0.15) is 12.2 Å². The molecule has 0 amide bonds. The van der Waals surface area contributed by atoms with E-state index in [1.165, 1.54) is 12.4 Å². The third-order valence-electron chi connectivity index (χ3n) is 2.87. The molecule has 8 nitrogen and oxygen atoms in total. The number of rotatable bonds is 8. The van der Waals surface area contributed by atoms with E-state index in [9.17, 15) is 20.4 Å². The third-order valence-corrected chi connectivity index (χ3v) is 2.87. The van der Waals surface area contributed by atoms with Crippen molar-refractivity contribution in [1.29, 1.82) is 0 Å². The van der Waals surface area contributed by atoms with Crippen LogP contribution in [0.1, 0.15) is 23.9 Å². The first kappa shape index (κ1) is 16.9. The quantitative estimate of drug-likeness (QED) is 0.308. The van der Waals surface area contributed by atoms with Crippen molar-refractivity contribution >= 4 is 0 Å². The van der Waals surface area contributed by atoms with E-state index in [1.807, 2.05) is 0 Å². The standard InChI is InChI=1S/C12H20N2O6/c15-2-1-9(17)12(20)8-5-13-7(4-14-8)3-10(18)11(19)6-16/h4-5,9-12,15-20H,1-3,6H2/t9-,10+,11-,12-/m1/s1. The van der Waals surface area contributed by atoms with Crippen LogP contribution in [0.25, 0.3) is 0 Å². The molecule has 0 aliphatic heterocycles. The Balaban J connectivity index is 2.64. The van der Waals surface area contributed by atoms with Crippen LogP contribution in [0.2, 0.25) is 0 Å². The van der Waals surface area contributed by atoms with E-state index < -0.39 is 31.0 Å². The number of aliphatic hydroxyl groups excluding tert-OH is 6. The molecular weight excluding hydrogens is 268 g/mol. The molecule has 0 aliphatic carbocycles. The van der Waals surface area contributed by atoms with Gasteiger partial charge >= 0.3 is 0 Å². The molecule has 4 atom stereocenters. The first-order chi connectivity index (χ1) is 9.49. The van der Waals surface area contributed by atoms with Crippen LogP contribution in [0.4, 0.5) is 0 Å². The molecule has 0 saturated heterocycles. The highest BCUT2D eigenvalue weighted by molar-refractivity contribution is 5.07. The van der Waals surface area contributed by atoms with Crippen LogP contribution >= 0.6 is 0 Å². The number of hydrogen-bond donors (Lipinski definition) is 6. The molecule has 0 saturated carbocycles. The van der Waals surface area contributed by atoms with Gasteiger partial charge < -0.3 is 30.6 Å². The van der Waals surface area contributed by atoms with Crippen molar-refractivity contribution in [2.24, 2.45) is 0 Å². The monoisotopic (exact) mass is 288 g/mol. The summed E-state index contributed by atoms with van der Waals surface area (Å²) in [5.74, 6) is 0. The molecule has 0 fully saturated rings. The molecule has 1 rings (SSSR count). The fraction of sp³-hybridized carbons (Fsp3) is 0.667. The molecule has 0 spiro atoms. The van der Waals surface area contributed by atoms with Crippen LogP contribution in [0.15, 0.2) is 12.4 Å². The molecule has 0 bridgehead atoms. The van der Waals surface area contributed by atoms with E-state index in [0.717, 1.165) is 0 Å². The number of aliphatic hydroxyl groups is 6. The molecule has 114 valence electrons. The number of hydrogen-bond acceptors (Lipinski definition) is 8. The second-order valence-corrected chi connectivity index (χ2v) is 4.48. The molecule has 0 unspecified atom stereocenters. The van der Waals surface area contributed by atoms with Crippen LogP contribution < -0.4 is 0 Å². The summed E-state index contributed by atoms with van der Waals surface area (Å²) in [6.07, 6.45) is -2.23. The highest BCUT2D eigenvalue weighted by Gasteiger charge is 2.20. The third kappa shape index (κ3) is 4.75. The Morgan fingerprint density at radius 3 is 2.10 bits per heavy atom. The van der Waals surface area contributed by atoms with Crippen molar-refractivity contribution in [2.45, 2.75) is 37.3 Å². The SMILES string of the molecule is OCC[C@@H](O)[C@H](O)c1cnc(C[C@H](O)[C@H](O)CO)cn1. The highest BCUT2D eigenvalue weighted by atomic mass is 16.4. The molecule has 0 radical (unpaired) electrons. The first-order valence-corrected chi connectivity index (χ1v) is 6.24. The lowest BCUT2D eigenvalue weighted by atomic mass is 10.1. The molecule has 1 heterocycles. The van der Waals surface area contributed by atoms with E-state index in [-0.39, 0.29) is 25.1 Å². The minimum Gasteiger partial charge on any atom is -0.396 e. The Kier molecular flexibility index (Phi) is 6.93. The summed E-state index contributed by atoms with van der Waals surface area (Å²) < 4.78 is 0. The van der Waals surface area contributed by atoms with Gasteiger partial charge in [0.25, 0.3) is 0 Å². The van der Waals surface area contributed by atoms with Crippen molar-refractivity contribution < 1.29 is 30.6 Å². The molecular formula is C12H20N2O6. The van der Waals surface area contributed by atoms with E-state index in [0.29, 0.717) is 5.69 Å². The minimum absolute atomic E-state index is 0.00426. The Hall–Kier alpha value is -1.16. The topological polar surface area (TPSA) is 147 Å². The fourth-order valence-corrected chi connectivity index (χ4v) is 1.58. The van der Waals surface area contributed by atoms with Crippen molar-refractivity contribution in [1.82, 2.24) is 9.97 Å². The van der Waals surface area contributed by atoms with Gasteiger partial charge in [-0.25, -0.2) is 0 Å². The lowest BCUT2D eigenvalue weighted by Gasteiger charge is -2.17.